The molecule has 17 heavy (non-hydrogen) atoms. The zero-order valence-corrected chi connectivity index (χ0v) is 10.1. The van der Waals surface area contributed by atoms with Crippen LogP contribution in [0.1, 0.15) is 24.8 Å². The zero-order chi connectivity index (χ0) is 12.3. The van der Waals surface area contributed by atoms with Gasteiger partial charge in [-0.15, -0.1) is 0 Å². The first-order chi connectivity index (χ1) is 8.16. The van der Waals surface area contributed by atoms with Crippen LogP contribution in [-0.4, -0.2) is 18.5 Å². The third-order valence-electron chi connectivity index (χ3n) is 2.99. The van der Waals surface area contributed by atoms with Crippen LogP contribution in [-0.2, 0) is 4.79 Å². The molecule has 4 N–H and O–H groups in total. The van der Waals surface area contributed by atoms with Crippen LogP contribution >= 0.6 is 0 Å². The lowest BCUT2D eigenvalue weighted by Gasteiger charge is -2.11. The van der Waals surface area contributed by atoms with Crippen molar-refractivity contribution in [3.8, 4) is 0 Å². The first-order valence-electron chi connectivity index (χ1n) is 6.05. The highest BCUT2D eigenvalue weighted by molar-refractivity contribution is 5.77. The van der Waals surface area contributed by atoms with Crippen LogP contribution in [0.3, 0.4) is 0 Å². The van der Waals surface area contributed by atoms with E-state index in [1.54, 1.807) is 0 Å². The molecule has 1 aromatic carbocycles. The lowest BCUT2D eigenvalue weighted by molar-refractivity contribution is -0.120. The van der Waals surface area contributed by atoms with Crippen molar-refractivity contribution >= 4 is 17.3 Å². The topological polar surface area (TPSA) is 67.1 Å². The molecule has 0 aromatic heterocycles. The van der Waals surface area contributed by atoms with Crippen molar-refractivity contribution in [2.75, 3.05) is 17.6 Å². The smallest absolute Gasteiger partial charge is 0.221 e. The molecule has 1 amide bonds. The van der Waals surface area contributed by atoms with Crippen LogP contribution in [0.4, 0.5) is 11.4 Å². The molecule has 2 rings (SSSR count). The Morgan fingerprint density at radius 2 is 2.24 bits per heavy atom. The zero-order valence-electron chi connectivity index (χ0n) is 10.1. The summed E-state index contributed by atoms with van der Waals surface area (Å²) in [4.78, 5) is 11.5. The second-order valence-electron chi connectivity index (χ2n) is 4.54. The van der Waals surface area contributed by atoms with E-state index >= 15 is 0 Å². The van der Waals surface area contributed by atoms with Gasteiger partial charge in [-0.05, 0) is 37.5 Å². The Labute approximate surface area is 102 Å². The third-order valence-corrected chi connectivity index (χ3v) is 2.99. The predicted octanol–water partition coefficient (Wildman–Crippen LogP) is 1.66. The highest BCUT2D eigenvalue weighted by atomic mass is 16.1. The van der Waals surface area contributed by atoms with E-state index in [0.717, 1.165) is 29.8 Å². The van der Waals surface area contributed by atoms with Crippen molar-refractivity contribution in [3.63, 3.8) is 0 Å². The molecule has 0 radical (unpaired) electrons. The second-order valence-corrected chi connectivity index (χ2v) is 4.54. The number of nitrogens with one attached hydrogen (secondary N) is 2. The molecule has 1 aromatic rings. The largest absolute Gasteiger partial charge is 0.398 e. The number of carbonyl (C=O) groups excluding carboxylic acids is 1. The fraction of sp³-hybridized carbons (Fsp3) is 0.462. The molecule has 0 heterocycles. The molecule has 4 heteroatoms. The summed E-state index contributed by atoms with van der Waals surface area (Å²) >= 11 is 0. The molecular weight excluding hydrogens is 214 g/mol. The van der Waals surface area contributed by atoms with Gasteiger partial charge in [0.05, 0.1) is 0 Å². The van der Waals surface area contributed by atoms with Gasteiger partial charge < -0.3 is 16.4 Å². The molecule has 0 saturated heterocycles. The lowest BCUT2D eigenvalue weighted by atomic mass is 10.1. The van der Waals surface area contributed by atoms with Crippen LogP contribution in [0.15, 0.2) is 18.2 Å². The predicted molar refractivity (Wildman–Crippen MR) is 69.9 cm³/mol. The Hall–Kier alpha value is -1.71. The molecule has 1 aliphatic carbocycles. The van der Waals surface area contributed by atoms with Gasteiger partial charge in [-0.2, -0.15) is 0 Å². The maximum atomic E-state index is 11.5. The molecule has 0 atom stereocenters. The summed E-state index contributed by atoms with van der Waals surface area (Å²) in [5, 5.41) is 6.20. The number of amides is 1. The number of rotatable bonds is 5. The van der Waals surface area contributed by atoms with Gasteiger partial charge in [0.1, 0.15) is 0 Å². The van der Waals surface area contributed by atoms with Crippen LogP contribution in [0, 0.1) is 6.92 Å². The minimum atomic E-state index is 0.126. The van der Waals surface area contributed by atoms with E-state index in [1.165, 1.54) is 0 Å². The molecule has 0 spiro atoms. The van der Waals surface area contributed by atoms with Crippen molar-refractivity contribution < 1.29 is 4.79 Å². The summed E-state index contributed by atoms with van der Waals surface area (Å²) in [6, 6.07) is 6.20. The molecule has 0 unspecified atom stereocenters. The fourth-order valence-corrected chi connectivity index (χ4v) is 1.68. The second kappa shape index (κ2) is 5.08. The molecule has 92 valence electrons. The lowest BCUT2D eigenvalue weighted by Crippen LogP contribution is -2.27. The number of nitrogens with two attached hydrogens (primary N) is 1. The van der Waals surface area contributed by atoms with E-state index < -0.39 is 0 Å². The maximum Gasteiger partial charge on any atom is 0.221 e. The monoisotopic (exact) mass is 233 g/mol. The van der Waals surface area contributed by atoms with Gasteiger partial charge in [-0.3, -0.25) is 4.79 Å². The van der Waals surface area contributed by atoms with Crippen LogP contribution in [0.2, 0.25) is 0 Å². The van der Waals surface area contributed by atoms with Crippen LogP contribution < -0.4 is 16.4 Å². The number of anilines is 2. The number of hydrogen-bond donors (Lipinski definition) is 3. The standard InChI is InChI=1S/C13H19N3O/c1-9-11(14)3-2-4-12(9)15-8-7-13(17)16-10-5-6-10/h2-4,10,15H,5-8,14H2,1H3,(H,16,17). The Morgan fingerprint density at radius 1 is 1.47 bits per heavy atom. The first kappa shape index (κ1) is 11.8. The number of carbonyl (C=O) groups is 1. The molecule has 0 aliphatic heterocycles. The summed E-state index contributed by atoms with van der Waals surface area (Å²) in [5.74, 6) is 0.126. The van der Waals surface area contributed by atoms with Crippen molar-refractivity contribution in [2.24, 2.45) is 0 Å². The minimum absolute atomic E-state index is 0.126. The molecule has 1 aliphatic rings. The van der Waals surface area contributed by atoms with E-state index in [2.05, 4.69) is 10.6 Å². The van der Waals surface area contributed by atoms with Crippen LogP contribution in [0.25, 0.3) is 0 Å². The summed E-state index contributed by atoms with van der Waals surface area (Å²) in [7, 11) is 0. The van der Waals surface area contributed by atoms with Gasteiger partial charge in [0, 0.05) is 30.4 Å². The molecule has 0 bridgehead atoms. The van der Waals surface area contributed by atoms with E-state index in [1.807, 2.05) is 25.1 Å². The summed E-state index contributed by atoms with van der Waals surface area (Å²) in [6.45, 7) is 2.62. The van der Waals surface area contributed by atoms with Crippen molar-refractivity contribution in [1.29, 1.82) is 0 Å². The van der Waals surface area contributed by atoms with Crippen LogP contribution in [0.5, 0.6) is 0 Å². The normalized spacial score (nSPS) is 14.4. The van der Waals surface area contributed by atoms with Crippen molar-refractivity contribution in [2.45, 2.75) is 32.2 Å². The minimum Gasteiger partial charge on any atom is -0.398 e. The highest BCUT2D eigenvalue weighted by Crippen LogP contribution is 2.20. The number of nitrogen functional groups attached to an aromatic ring is 1. The molecule has 4 nitrogen and oxygen atoms in total. The van der Waals surface area contributed by atoms with E-state index in [4.69, 9.17) is 5.73 Å². The van der Waals surface area contributed by atoms with Gasteiger partial charge >= 0.3 is 0 Å². The summed E-state index contributed by atoms with van der Waals surface area (Å²) in [5.41, 5.74) is 8.62. The Morgan fingerprint density at radius 3 is 2.94 bits per heavy atom. The SMILES string of the molecule is Cc1c(N)cccc1NCCC(=O)NC1CC1. The van der Waals surface area contributed by atoms with Gasteiger partial charge in [-0.25, -0.2) is 0 Å². The van der Waals surface area contributed by atoms with E-state index in [9.17, 15) is 4.79 Å². The van der Waals surface area contributed by atoms with Gasteiger partial charge in [0.15, 0.2) is 0 Å². The van der Waals surface area contributed by atoms with Crippen molar-refractivity contribution in [1.82, 2.24) is 5.32 Å². The maximum absolute atomic E-state index is 11.5. The molecule has 1 fully saturated rings. The van der Waals surface area contributed by atoms with Gasteiger partial charge in [0.2, 0.25) is 5.91 Å². The summed E-state index contributed by atoms with van der Waals surface area (Å²) < 4.78 is 0. The van der Waals surface area contributed by atoms with E-state index in [0.29, 0.717) is 19.0 Å². The third kappa shape index (κ3) is 3.37. The Bertz CT molecular complexity index is 413. The fourth-order valence-electron chi connectivity index (χ4n) is 1.68. The van der Waals surface area contributed by atoms with Gasteiger partial charge in [0.25, 0.3) is 0 Å². The number of hydrogen-bond acceptors (Lipinski definition) is 3. The number of benzene rings is 1. The summed E-state index contributed by atoms with van der Waals surface area (Å²) in [6.07, 6.45) is 2.77. The molecular formula is C13H19N3O. The highest BCUT2D eigenvalue weighted by Gasteiger charge is 2.22. The first-order valence-corrected chi connectivity index (χ1v) is 6.05. The Kier molecular flexibility index (Phi) is 3.52. The average Bonchev–Trinajstić information content (AvgIpc) is 3.08. The van der Waals surface area contributed by atoms with Crippen molar-refractivity contribution in [3.05, 3.63) is 23.8 Å². The van der Waals surface area contributed by atoms with Gasteiger partial charge in [-0.1, -0.05) is 6.07 Å². The quantitative estimate of drug-likeness (QED) is 0.677. The Balaban J connectivity index is 1.77. The average molecular weight is 233 g/mol. The molecule has 1 saturated carbocycles. The van der Waals surface area contributed by atoms with E-state index in [-0.39, 0.29) is 5.91 Å².